The van der Waals surface area contributed by atoms with Crippen molar-refractivity contribution in [1.82, 2.24) is 0 Å². The Labute approximate surface area is 156 Å². The molecule has 0 unspecified atom stereocenters. The fourth-order valence-electron chi connectivity index (χ4n) is 3.21. The third kappa shape index (κ3) is 3.67. The van der Waals surface area contributed by atoms with Crippen molar-refractivity contribution in [3.05, 3.63) is 89.5 Å². The molecule has 0 aliphatic heterocycles. The van der Waals surface area contributed by atoms with Crippen LogP contribution < -0.4 is 9.80 Å². The second-order valence-corrected chi connectivity index (χ2v) is 6.96. The Morgan fingerprint density at radius 1 is 0.615 bits per heavy atom. The highest BCUT2D eigenvalue weighted by molar-refractivity contribution is 5.55. The number of rotatable bonds is 5. The van der Waals surface area contributed by atoms with Gasteiger partial charge >= 0.3 is 0 Å². The van der Waals surface area contributed by atoms with Crippen LogP contribution in [0.2, 0.25) is 0 Å². The smallest absolute Gasteiger partial charge is 0.119 e. The highest BCUT2D eigenvalue weighted by Crippen LogP contribution is 2.37. The lowest BCUT2D eigenvalue weighted by Gasteiger charge is -2.22. The number of hydrogen-bond donors (Lipinski definition) is 1. The molecule has 3 aromatic carbocycles. The molecule has 0 aromatic heterocycles. The minimum absolute atomic E-state index is 0.0105. The molecule has 26 heavy (non-hydrogen) atoms. The lowest BCUT2D eigenvalue weighted by Crippen LogP contribution is -2.10. The van der Waals surface area contributed by atoms with Gasteiger partial charge in [0.05, 0.1) is 0 Å². The molecule has 3 rings (SSSR count). The van der Waals surface area contributed by atoms with Gasteiger partial charge in [-0.3, -0.25) is 0 Å². The van der Waals surface area contributed by atoms with E-state index in [1.54, 1.807) is 6.07 Å². The molecule has 0 heterocycles. The van der Waals surface area contributed by atoms with Gasteiger partial charge in [0, 0.05) is 51.0 Å². The summed E-state index contributed by atoms with van der Waals surface area (Å²) in [7, 11) is 8.15. The van der Waals surface area contributed by atoms with E-state index in [0.29, 0.717) is 5.75 Å². The molecule has 1 N–H and O–H groups in total. The zero-order valence-corrected chi connectivity index (χ0v) is 15.8. The maximum atomic E-state index is 10.5. The van der Waals surface area contributed by atoms with Crippen LogP contribution in [-0.4, -0.2) is 33.3 Å². The predicted octanol–water partition coefficient (Wildman–Crippen LogP) is 4.70. The minimum atomic E-state index is -0.0105. The number of nitrogens with zero attached hydrogens (tertiary/aromatic N) is 2. The fourth-order valence-corrected chi connectivity index (χ4v) is 3.21. The lowest BCUT2D eigenvalue weighted by molar-refractivity contribution is 0.467. The van der Waals surface area contributed by atoms with Crippen LogP contribution in [0.3, 0.4) is 0 Å². The van der Waals surface area contributed by atoms with E-state index in [9.17, 15) is 5.11 Å². The van der Waals surface area contributed by atoms with Crippen molar-refractivity contribution in [3.63, 3.8) is 0 Å². The van der Waals surface area contributed by atoms with Gasteiger partial charge in [0.25, 0.3) is 0 Å². The predicted molar refractivity (Wildman–Crippen MR) is 111 cm³/mol. The van der Waals surface area contributed by atoms with E-state index in [1.807, 2.05) is 46.4 Å². The summed E-state index contributed by atoms with van der Waals surface area (Å²) in [4.78, 5) is 4.18. The van der Waals surface area contributed by atoms with E-state index in [-0.39, 0.29) is 5.92 Å². The Hall–Kier alpha value is -2.94. The quantitative estimate of drug-likeness (QED) is 0.678. The second kappa shape index (κ2) is 7.52. The third-order valence-electron chi connectivity index (χ3n) is 4.73. The molecule has 0 saturated heterocycles. The molecule has 0 aliphatic carbocycles. The van der Waals surface area contributed by atoms with E-state index < -0.39 is 0 Å². The Morgan fingerprint density at radius 3 is 1.42 bits per heavy atom. The van der Waals surface area contributed by atoms with Gasteiger partial charge < -0.3 is 14.9 Å². The number of para-hydroxylation sites is 1. The van der Waals surface area contributed by atoms with Crippen LogP contribution in [0.4, 0.5) is 11.4 Å². The molecule has 0 spiro atoms. The first kappa shape index (κ1) is 17.9. The molecule has 0 atom stereocenters. The van der Waals surface area contributed by atoms with Gasteiger partial charge in [0.1, 0.15) is 5.75 Å². The zero-order valence-electron chi connectivity index (χ0n) is 15.8. The minimum Gasteiger partial charge on any atom is -0.508 e. The summed E-state index contributed by atoms with van der Waals surface area (Å²) >= 11 is 0. The summed E-state index contributed by atoms with van der Waals surface area (Å²) in [5.74, 6) is 0.314. The molecule has 3 aromatic rings. The number of phenols is 1. The van der Waals surface area contributed by atoms with Crippen LogP contribution in [0.15, 0.2) is 72.8 Å². The largest absolute Gasteiger partial charge is 0.508 e. The molecule has 0 saturated carbocycles. The van der Waals surface area contributed by atoms with Crippen molar-refractivity contribution in [2.75, 3.05) is 38.0 Å². The van der Waals surface area contributed by atoms with Crippen molar-refractivity contribution in [1.29, 1.82) is 0 Å². The summed E-state index contributed by atoms with van der Waals surface area (Å²) in [6.07, 6.45) is 0. The van der Waals surface area contributed by atoms with E-state index in [2.05, 4.69) is 58.3 Å². The van der Waals surface area contributed by atoms with Crippen LogP contribution >= 0.6 is 0 Å². The zero-order chi connectivity index (χ0) is 18.7. The van der Waals surface area contributed by atoms with Gasteiger partial charge in [-0.2, -0.15) is 0 Å². The maximum Gasteiger partial charge on any atom is 0.119 e. The topological polar surface area (TPSA) is 26.7 Å². The Bertz CT molecular complexity index is 801. The van der Waals surface area contributed by atoms with Crippen LogP contribution in [0.1, 0.15) is 22.6 Å². The highest BCUT2D eigenvalue weighted by atomic mass is 16.3. The van der Waals surface area contributed by atoms with Gasteiger partial charge in [-0.25, -0.2) is 0 Å². The number of benzene rings is 3. The summed E-state index contributed by atoms with van der Waals surface area (Å²) in [6, 6.07) is 24.7. The SMILES string of the molecule is CN(C)c1ccc(C(c2ccc(N(C)C)cc2)c2ccccc2O)cc1. The molecule has 0 bridgehead atoms. The van der Waals surface area contributed by atoms with Gasteiger partial charge in [-0.1, -0.05) is 42.5 Å². The molecule has 0 amide bonds. The van der Waals surface area contributed by atoms with Gasteiger partial charge in [-0.05, 0) is 41.5 Å². The Kier molecular flexibility index (Phi) is 5.17. The summed E-state index contributed by atoms with van der Waals surface area (Å²) < 4.78 is 0. The third-order valence-corrected chi connectivity index (χ3v) is 4.73. The van der Waals surface area contributed by atoms with Gasteiger partial charge in [0.15, 0.2) is 0 Å². The molecular weight excluding hydrogens is 320 g/mol. The van der Waals surface area contributed by atoms with Crippen LogP contribution in [0.25, 0.3) is 0 Å². The van der Waals surface area contributed by atoms with Gasteiger partial charge in [0.2, 0.25) is 0 Å². The summed E-state index contributed by atoms with van der Waals surface area (Å²) in [5.41, 5.74) is 5.56. The van der Waals surface area contributed by atoms with Crippen molar-refractivity contribution in [2.45, 2.75) is 5.92 Å². The summed E-state index contributed by atoms with van der Waals surface area (Å²) in [5, 5.41) is 10.5. The van der Waals surface area contributed by atoms with Crippen LogP contribution in [-0.2, 0) is 0 Å². The lowest BCUT2D eigenvalue weighted by atomic mass is 9.84. The average molecular weight is 346 g/mol. The monoisotopic (exact) mass is 346 g/mol. The van der Waals surface area contributed by atoms with E-state index in [0.717, 1.165) is 28.1 Å². The van der Waals surface area contributed by atoms with Gasteiger partial charge in [-0.15, -0.1) is 0 Å². The first-order valence-electron chi connectivity index (χ1n) is 8.80. The standard InChI is InChI=1S/C23H26N2O/c1-24(2)19-13-9-17(10-14-19)23(21-7-5-6-8-22(21)26)18-11-15-20(16-12-18)25(3)4/h5-16,23,26H,1-4H3. The number of anilines is 2. The van der Waals surface area contributed by atoms with Crippen molar-refractivity contribution >= 4 is 11.4 Å². The number of phenolic OH excluding ortho intramolecular Hbond substituents is 1. The first-order valence-corrected chi connectivity index (χ1v) is 8.80. The average Bonchev–Trinajstić information content (AvgIpc) is 2.64. The number of hydrogen-bond acceptors (Lipinski definition) is 3. The molecule has 0 radical (unpaired) electrons. The molecule has 3 heteroatoms. The fraction of sp³-hybridized carbons (Fsp3) is 0.217. The van der Waals surface area contributed by atoms with Crippen molar-refractivity contribution in [3.8, 4) is 5.75 Å². The summed E-state index contributed by atoms with van der Waals surface area (Å²) in [6.45, 7) is 0. The Morgan fingerprint density at radius 2 is 1.04 bits per heavy atom. The highest BCUT2D eigenvalue weighted by Gasteiger charge is 2.20. The second-order valence-electron chi connectivity index (χ2n) is 6.96. The van der Waals surface area contributed by atoms with E-state index in [1.165, 1.54) is 0 Å². The van der Waals surface area contributed by atoms with E-state index in [4.69, 9.17) is 0 Å². The van der Waals surface area contributed by atoms with Crippen LogP contribution in [0, 0.1) is 0 Å². The Balaban J connectivity index is 2.09. The van der Waals surface area contributed by atoms with Crippen LogP contribution in [0.5, 0.6) is 5.75 Å². The molecule has 0 aliphatic rings. The molecule has 134 valence electrons. The molecule has 0 fully saturated rings. The number of aromatic hydroxyl groups is 1. The van der Waals surface area contributed by atoms with Crippen molar-refractivity contribution in [2.24, 2.45) is 0 Å². The normalized spacial score (nSPS) is 10.8. The van der Waals surface area contributed by atoms with E-state index >= 15 is 0 Å². The molecular formula is C23H26N2O. The maximum absolute atomic E-state index is 10.5. The molecule has 3 nitrogen and oxygen atoms in total. The van der Waals surface area contributed by atoms with Crippen molar-refractivity contribution < 1.29 is 5.11 Å². The first-order chi connectivity index (χ1) is 12.5.